The van der Waals surface area contributed by atoms with Gasteiger partial charge in [0.25, 0.3) is 0 Å². The van der Waals surface area contributed by atoms with Crippen molar-refractivity contribution in [2.45, 2.75) is 18.8 Å². The molecule has 0 fully saturated rings. The highest BCUT2D eigenvalue weighted by Gasteiger charge is 2.33. The Labute approximate surface area is 165 Å². The van der Waals surface area contributed by atoms with Crippen molar-refractivity contribution in [2.75, 3.05) is 6.61 Å². The van der Waals surface area contributed by atoms with Gasteiger partial charge < -0.3 is 4.74 Å². The summed E-state index contributed by atoms with van der Waals surface area (Å²) in [5.74, 6) is 0. The third-order valence-corrected chi connectivity index (χ3v) is 4.69. The van der Waals surface area contributed by atoms with Crippen molar-refractivity contribution in [3.05, 3.63) is 81.1 Å². The first-order valence-corrected chi connectivity index (χ1v) is 8.90. The van der Waals surface area contributed by atoms with Crippen molar-refractivity contribution in [3.63, 3.8) is 0 Å². The molecule has 0 bridgehead atoms. The van der Waals surface area contributed by atoms with Gasteiger partial charge in [-0.05, 0) is 35.4 Å². The highest BCUT2D eigenvalue weighted by atomic mass is 35.5. The zero-order valence-electron chi connectivity index (χ0n) is 13.6. The summed E-state index contributed by atoms with van der Waals surface area (Å²) in [7, 11) is 0. The fourth-order valence-electron chi connectivity index (χ4n) is 2.50. The molecule has 26 heavy (non-hydrogen) atoms. The van der Waals surface area contributed by atoms with Crippen molar-refractivity contribution in [1.29, 1.82) is 0 Å². The lowest BCUT2D eigenvalue weighted by molar-refractivity contribution is -0.00908. The van der Waals surface area contributed by atoms with Gasteiger partial charge in [0.1, 0.15) is 0 Å². The summed E-state index contributed by atoms with van der Waals surface area (Å²) < 4.78 is 22.8. The molecule has 0 spiro atoms. The largest absolute Gasteiger partial charge is 0.373 e. The average Bonchev–Trinajstić information content (AvgIpc) is 3.10. The smallest absolute Gasteiger partial charge is 0.178 e. The minimum absolute atomic E-state index is 0.0387. The number of hydrogen-bond acceptors (Lipinski definition) is 3. The van der Waals surface area contributed by atoms with E-state index in [2.05, 4.69) is 10.3 Å². The molecule has 0 radical (unpaired) electrons. The molecule has 2 aromatic carbocycles. The molecule has 0 N–H and O–H groups in total. The Kier molecular flexibility index (Phi) is 6.14. The van der Waals surface area contributed by atoms with Crippen molar-refractivity contribution in [2.24, 2.45) is 0 Å². The van der Waals surface area contributed by atoms with Crippen LogP contribution in [-0.4, -0.2) is 21.6 Å². The minimum atomic E-state index is -1.81. The highest BCUT2D eigenvalue weighted by molar-refractivity contribution is 6.35. The highest BCUT2D eigenvalue weighted by Crippen LogP contribution is 2.30. The van der Waals surface area contributed by atoms with Crippen LogP contribution in [-0.2, 0) is 23.6 Å². The van der Waals surface area contributed by atoms with Crippen molar-refractivity contribution in [3.8, 4) is 0 Å². The second-order valence-corrected chi connectivity index (χ2v) is 7.08. The zero-order chi connectivity index (χ0) is 18.6. The molecule has 0 aliphatic carbocycles. The van der Waals surface area contributed by atoms with Crippen LogP contribution >= 0.6 is 34.8 Å². The summed E-state index contributed by atoms with van der Waals surface area (Å²) >= 11 is 17.9. The van der Waals surface area contributed by atoms with Gasteiger partial charge in [0.05, 0.1) is 26.0 Å². The standard InChI is InChI=1S/C18H15Cl3FN3O/c19-15-5-2-14(3-6-15)18(22,11-25-8-7-23-24-25)12-26-10-13-1-4-16(20)9-17(13)21/h1-9H,10-12H2. The summed E-state index contributed by atoms with van der Waals surface area (Å²) in [4.78, 5) is 0. The molecule has 0 saturated carbocycles. The van der Waals surface area contributed by atoms with Crippen LogP contribution < -0.4 is 0 Å². The van der Waals surface area contributed by atoms with E-state index >= 15 is 4.39 Å². The molecule has 1 aromatic heterocycles. The van der Waals surface area contributed by atoms with E-state index in [0.717, 1.165) is 5.56 Å². The fraction of sp³-hybridized carbons (Fsp3) is 0.222. The summed E-state index contributed by atoms with van der Waals surface area (Å²) in [6.07, 6.45) is 3.09. The second-order valence-electron chi connectivity index (χ2n) is 5.80. The lowest BCUT2D eigenvalue weighted by atomic mass is 9.96. The minimum Gasteiger partial charge on any atom is -0.373 e. The van der Waals surface area contributed by atoms with Crippen LogP contribution in [0, 0.1) is 0 Å². The number of aromatic nitrogens is 3. The normalized spacial score (nSPS) is 13.5. The summed E-state index contributed by atoms with van der Waals surface area (Å²) in [6.45, 7) is -0.0664. The van der Waals surface area contributed by atoms with E-state index in [1.165, 1.54) is 10.9 Å². The number of rotatable bonds is 7. The Morgan fingerprint density at radius 3 is 2.42 bits per heavy atom. The maximum atomic E-state index is 15.8. The van der Waals surface area contributed by atoms with E-state index in [-0.39, 0.29) is 19.8 Å². The molecule has 3 aromatic rings. The average molecular weight is 415 g/mol. The van der Waals surface area contributed by atoms with Crippen LogP contribution in [0.15, 0.2) is 54.9 Å². The van der Waals surface area contributed by atoms with E-state index in [4.69, 9.17) is 39.5 Å². The van der Waals surface area contributed by atoms with Gasteiger partial charge in [0.15, 0.2) is 5.67 Å². The van der Waals surface area contributed by atoms with Crippen LogP contribution in [0.4, 0.5) is 4.39 Å². The predicted octanol–water partition coefficient (Wildman–Crippen LogP) is 5.32. The van der Waals surface area contributed by atoms with E-state index in [1.807, 2.05) is 0 Å². The van der Waals surface area contributed by atoms with Gasteiger partial charge in [-0.1, -0.05) is 58.2 Å². The zero-order valence-corrected chi connectivity index (χ0v) is 15.8. The molecule has 4 nitrogen and oxygen atoms in total. The van der Waals surface area contributed by atoms with E-state index in [9.17, 15) is 0 Å². The van der Waals surface area contributed by atoms with Crippen LogP contribution in [0.5, 0.6) is 0 Å². The first-order chi connectivity index (χ1) is 12.5. The van der Waals surface area contributed by atoms with Gasteiger partial charge in [0, 0.05) is 21.3 Å². The van der Waals surface area contributed by atoms with Gasteiger partial charge in [-0.15, -0.1) is 5.10 Å². The Bertz CT molecular complexity index is 859. The lowest BCUT2D eigenvalue weighted by Crippen LogP contribution is -2.32. The molecule has 1 unspecified atom stereocenters. The predicted molar refractivity (Wildman–Crippen MR) is 100 cm³/mol. The molecule has 0 amide bonds. The number of benzene rings is 2. The maximum Gasteiger partial charge on any atom is 0.178 e. The van der Waals surface area contributed by atoms with Gasteiger partial charge in [0.2, 0.25) is 0 Å². The molecule has 8 heteroatoms. The maximum absolute atomic E-state index is 15.8. The molecule has 1 atom stereocenters. The molecule has 0 saturated heterocycles. The monoisotopic (exact) mass is 413 g/mol. The SMILES string of the molecule is FC(COCc1ccc(Cl)cc1Cl)(Cn1ccnn1)c1ccc(Cl)cc1. The molecule has 0 aliphatic heterocycles. The summed E-state index contributed by atoms with van der Waals surface area (Å²) in [5.41, 5.74) is -0.633. The number of nitrogens with zero attached hydrogens (tertiary/aromatic N) is 3. The van der Waals surface area contributed by atoms with Crippen LogP contribution in [0.3, 0.4) is 0 Å². The van der Waals surface area contributed by atoms with E-state index in [1.54, 1.807) is 48.7 Å². The fourth-order valence-corrected chi connectivity index (χ4v) is 3.09. The second kappa shape index (κ2) is 8.35. The molecular formula is C18H15Cl3FN3O. The first kappa shape index (κ1) is 19.1. The quantitative estimate of drug-likeness (QED) is 0.525. The number of alkyl halides is 1. The van der Waals surface area contributed by atoms with Gasteiger partial charge in [-0.3, -0.25) is 0 Å². The third kappa shape index (κ3) is 4.74. The Morgan fingerprint density at radius 1 is 1.04 bits per heavy atom. The van der Waals surface area contributed by atoms with Crippen LogP contribution in [0.25, 0.3) is 0 Å². The number of halogens is 4. The molecule has 1 heterocycles. The van der Waals surface area contributed by atoms with Crippen LogP contribution in [0.2, 0.25) is 15.1 Å². The first-order valence-electron chi connectivity index (χ1n) is 7.77. The topological polar surface area (TPSA) is 39.9 Å². The molecular weight excluding hydrogens is 400 g/mol. The van der Waals surface area contributed by atoms with Crippen molar-refractivity contribution < 1.29 is 9.13 Å². The number of hydrogen-bond donors (Lipinski definition) is 0. The Morgan fingerprint density at radius 2 is 1.77 bits per heavy atom. The molecule has 0 aliphatic rings. The van der Waals surface area contributed by atoms with Gasteiger partial charge in [-0.2, -0.15) is 0 Å². The summed E-state index contributed by atoms with van der Waals surface area (Å²) in [5, 5.41) is 9.10. The molecule has 136 valence electrons. The Hall–Kier alpha value is -1.66. The van der Waals surface area contributed by atoms with E-state index in [0.29, 0.717) is 20.6 Å². The van der Waals surface area contributed by atoms with E-state index < -0.39 is 5.67 Å². The van der Waals surface area contributed by atoms with Crippen molar-refractivity contribution in [1.82, 2.24) is 15.0 Å². The van der Waals surface area contributed by atoms with Crippen LogP contribution in [0.1, 0.15) is 11.1 Å². The lowest BCUT2D eigenvalue weighted by Gasteiger charge is -2.26. The summed E-state index contributed by atoms with van der Waals surface area (Å²) in [6, 6.07) is 11.6. The number of ether oxygens (including phenoxy) is 1. The van der Waals surface area contributed by atoms with Gasteiger partial charge >= 0.3 is 0 Å². The third-order valence-electron chi connectivity index (χ3n) is 3.85. The van der Waals surface area contributed by atoms with Gasteiger partial charge in [-0.25, -0.2) is 9.07 Å². The Balaban J connectivity index is 1.76. The van der Waals surface area contributed by atoms with Crippen molar-refractivity contribution >= 4 is 34.8 Å². The molecule has 3 rings (SSSR count).